The molecule has 0 atom stereocenters. The van der Waals surface area contributed by atoms with Crippen molar-refractivity contribution in [3.8, 4) is 11.5 Å². The molecule has 5 nitrogen and oxygen atoms in total. The summed E-state index contributed by atoms with van der Waals surface area (Å²) < 4.78 is 15.9. The summed E-state index contributed by atoms with van der Waals surface area (Å²) in [5, 5.41) is 3.87. The van der Waals surface area contributed by atoms with Crippen LogP contribution in [-0.4, -0.2) is 18.0 Å². The predicted octanol–water partition coefficient (Wildman–Crippen LogP) is 3.08. The van der Waals surface area contributed by atoms with E-state index in [0.717, 1.165) is 17.0 Å². The minimum absolute atomic E-state index is 0.0716. The highest BCUT2D eigenvalue weighted by atomic mass is 16.5. The molecule has 106 valence electrons. The highest BCUT2D eigenvalue weighted by Crippen LogP contribution is 2.26. The van der Waals surface area contributed by atoms with E-state index < -0.39 is 0 Å². The molecule has 0 aliphatic heterocycles. The van der Waals surface area contributed by atoms with Gasteiger partial charge in [0.25, 0.3) is 0 Å². The van der Waals surface area contributed by atoms with E-state index in [4.69, 9.17) is 14.0 Å². The van der Waals surface area contributed by atoms with Crippen LogP contribution in [0.2, 0.25) is 0 Å². The maximum atomic E-state index is 11.7. The fraction of sp³-hybridized carbons (Fsp3) is 0.333. The minimum Gasteiger partial charge on any atom is -0.497 e. The topological polar surface area (TPSA) is 61.6 Å². The van der Waals surface area contributed by atoms with Gasteiger partial charge in [0.2, 0.25) is 0 Å². The maximum absolute atomic E-state index is 11.7. The summed E-state index contributed by atoms with van der Waals surface area (Å²) in [7, 11) is 1.56. The zero-order valence-corrected chi connectivity index (χ0v) is 12.0. The number of carbonyl (C=O) groups is 1. The van der Waals surface area contributed by atoms with E-state index in [1.54, 1.807) is 25.3 Å². The van der Waals surface area contributed by atoms with Crippen LogP contribution in [0.25, 0.3) is 0 Å². The van der Waals surface area contributed by atoms with Crippen LogP contribution < -0.4 is 9.47 Å². The van der Waals surface area contributed by atoms with Gasteiger partial charge in [0.05, 0.1) is 23.9 Å². The molecular formula is C15H17NO4. The second-order valence-electron chi connectivity index (χ2n) is 4.51. The van der Waals surface area contributed by atoms with E-state index in [1.165, 1.54) is 6.92 Å². The first-order valence-electron chi connectivity index (χ1n) is 6.26. The van der Waals surface area contributed by atoms with E-state index in [2.05, 4.69) is 5.16 Å². The molecule has 1 heterocycles. The Morgan fingerprint density at radius 3 is 2.65 bits per heavy atom. The molecule has 0 radical (unpaired) electrons. The first-order chi connectivity index (χ1) is 9.52. The van der Waals surface area contributed by atoms with Crippen LogP contribution >= 0.6 is 0 Å². The summed E-state index contributed by atoms with van der Waals surface area (Å²) in [5.74, 6) is 1.80. The maximum Gasteiger partial charge on any atom is 0.163 e. The van der Waals surface area contributed by atoms with Gasteiger partial charge in [0.1, 0.15) is 23.9 Å². The molecule has 5 heteroatoms. The molecule has 0 bridgehead atoms. The lowest BCUT2D eigenvalue weighted by atomic mass is 10.1. The zero-order chi connectivity index (χ0) is 14.7. The molecule has 1 aromatic carbocycles. The molecule has 0 fully saturated rings. The lowest BCUT2D eigenvalue weighted by molar-refractivity contribution is 0.101. The SMILES string of the molecule is COc1ccc(OCc2c(C)noc2C)c(C(C)=O)c1. The number of ketones is 1. The summed E-state index contributed by atoms with van der Waals surface area (Å²) in [6.45, 7) is 5.50. The minimum atomic E-state index is -0.0716. The van der Waals surface area contributed by atoms with Crippen LogP contribution in [-0.2, 0) is 6.61 Å². The number of aryl methyl sites for hydroxylation is 2. The molecule has 0 saturated heterocycles. The summed E-state index contributed by atoms with van der Waals surface area (Å²) in [6.07, 6.45) is 0. The Labute approximate surface area is 117 Å². The van der Waals surface area contributed by atoms with E-state index in [1.807, 2.05) is 13.8 Å². The monoisotopic (exact) mass is 275 g/mol. The lowest BCUT2D eigenvalue weighted by Gasteiger charge is -2.11. The summed E-state index contributed by atoms with van der Waals surface area (Å²) >= 11 is 0. The van der Waals surface area contributed by atoms with Crippen molar-refractivity contribution in [2.24, 2.45) is 0 Å². The van der Waals surface area contributed by atoms with Gasteiger partial charge in [-0.3, -0.25) is 4.79 Å². The summed E-state index contributed by atoms with van der Waals surface area (Å²) in [4.78, 5) is 11.7. The van der Waals surface area contributed by atoms with E-state index in [-0.39, 0.29) is 5.78 Å². The molecule has 0 unspecified atom stereocenters. The van der Waals surface area contributed by atoms with Crippen LogP contribution in [0.4, 0.5) is 0 Å². The van der Waals surface area contributed by atoms with Crippen molar-refractivity contribution in [1.29, 1.82) is 0 Å². The fourth-order valence-corrected chi connectivity index (χ4v) is 1.89. The van der Waals surface area contributed by atoms with Gasteiger partial charge in [-0.25, -0.2) is 0 Å². The standard InChI is InChI=1S/C15H17NO4/c1-9-14(11(3)20-16-9)8-19-15-6-5-12(18-4)7-13(15)10(2)17/h5-7H,8H2,1-4H3. The first-order valence-corrected chi connectivity index (χ1v) is 6.26. The van der Waals surface area contributed by atoms with Crippen LogP contribution in [0, 0.1) is 13.8 Å². The average Bonchev–Trinajstić information content (AvgIpc) is 2.75. The Hall–Kier alpha value is -2.30. The number of rotatable bonds is 5. The van der Waals surface area contributed by atoms with Gasteiger partial charge in [0.15, 0.2) is 5.78 Å². The molecule has 0 amide bonds. The third kappa shape index (κ3) is 2.82. The Morgan fingerprint density at radius 2 is 2.10 bits per heavy atom. The van der Waals surface area contributed by atoms with Crippen LogP contribution in [0.5, 0.6) is 11.5 Å². The molecular weight excluding hydrogens is 258 g/mol. The molecule has 0 aliphatic carbocycles. The number of hydrogen-bond donors (Lipinski definition) is 0. The quantitative estimate of drug-likeness (QED) is 0.785. The van der Waals surface area contributed by atoms with Gasteiger partial charge in [-0.15, -0.1) is 0 Å². The number of aromatic nitrogens is 1. The Bertz CT molecular complexity index is 611. The van der Waals surface area contributed by atoms with Crippen molar-refractivity contribution in [2.75, 3.05) is 7.11 Å². The van der Waals surface area contributed by atoms with Crippen molar-refractivity contribution in [3.63, 3.8) is 0 Å². The van der Waals surface area contributed by atoms with Gasteiger partial charge in [-0.05, 0) is 39.0 Å². The highest BCUT2D eigenvalue weighted by molar-refractivity contribution is 5.97. The van der Waals surface area contributed by atoms with Gasteiger partial charge >= 0.3 is 0 Å². The van der Waals surface area contributed by atoms with Crippen molar-refractivity contribution in [2.45, 2.75) is 27.4 Å². The van der Waals surface area contributed by atoms with E-state index >= 15 is 0 Å². The largest absolute Gasteiger partial charge is 0.497 e. The second kappa shape index (κ2) is 5.77. The number of carbonyl (C=O) groups excluding carboxylic acids is 1. The molecule has 0 saturated carbocycles. The van der Waals surface area contributed by atoms with Crippen molar-refractivity contribution < 1.29 is 18.8 Å². The third-order valence-electron chi connectivity index (χ3n) is 3.12. The highest BCUT2D eigenvalue weighted by Gasteiger charge is 2.13. The summed E-state index contributed by atoms with van der Waals surface area (Å²) in [5.41, 5.74) is 2.19. The summed E-state index contributed by atoms with van der Waals surface area (Å²) in [6, 6.07) is 5.16. The number of hydrogen-bond acceptors (Lipinski definition) is 5. The van der Waals surface area contributed by atoms with Gasteiger partial charge in [0, 0.05) is 0 Å². The van der Waals surface area contributed by atoms with Crippen molar-refractivity contribution in [1.82, 2.24) is 5.16 Å². The number of benzene rings is 1. The van der Waals surface area contributed by atoms with E-state index in [0.29, 0.717) is 23.7 Å². The third-order valence-corrected chi connectivity index (χ3v) is 3.12. The average molecular weight is 275 g/mol. The van der Waals surface area contributed by atoms with Crippen molar-refractivity contribution in [3.05, 3.63) is 40.8 Å². The molecule has 0 aliphatic rings. The number of ether oxygens (including phenoxy) is 2. The van der Waals surface area contributed by atoms with E-state index in [9.17, 15) is 4.79 Å². The van der Waals surface area contributed by atoms with Crippen molar-refractivity contribution >= 4 is 5.78 Å². The molecule has 20 heavy (non-hydrogen) atoms. The lowest BCUT2D eigenvalue weighted by Crippen LogP contribution is -2.03. The number of methoxy groups -OCH3 is 1. The molecule has 2 aromatic rings. The van der Waals surface area contributed by atoms with Gasteiger partial charge in [-0.1, -0.05) is 5.16 Å². The smallest absolute Gasteiger partial charge is 0.163 e. The number of nitrogens with zero attached hydrogens (tertiary/aromatic N) is 1. The molecule has 0 N–H and O–H groups in total. The number of Topliss-reactive ketones (excluding diaryl/α,β-unsaturated/α-hetero) is 1. The molecule has 2 rings (SSSR count). The first kappa shape index (κ1) is 14.1. The van der Waals surface area contributed by atoms with Crippen LogP contribution in [0.15, 0.2) is 22.7 Å². The Morgan fingerprint density at radius 1 is 1.35 bits per heavy atom. The second-order valence-corrected chi connectivity index (χ2v) is 4.51. The van der Waals surface area contributed by atoms with Gasteiger partial charge < -0.3 is 14.0 Å². The van der Waals surface area contributed by atoms with Crippen LogP contribution in [0.3, 0.4) is 0 Å². The Kier molecular flexibility index (Phi) is 4.08. The predicted molar refractivity (Wildman–Crippen MR) is 73.3 cm³/mol. The zero-order valence-electron chi connectivity index (χ0n) is 12.0. The molecule has 0 spiro atoms. The molecule has 1 aromatic heterocycles. The normalized spacial score (nSPS) is 10.4. The van der Waals surface area contributed by atoms with Gasteiger partial charge in [-0.2, -0.15) is 0 Å². The van der Waals surface area contributed by atoms with Crippen LogP contribution in [0.1, 0.15) is 34.3 Å². The Balaban J connectivity index is 2.23. The fourth-order valence-electron chi connectivity index (χ4n) is 1.89.